The fraction of sp³-hybridized carbons (Fsp3) is 1.00. The Labute approximate surface area is 137 Å². The van der Waals surface area contributed by atoms with Gasteiger partial charge in [-0.1, -0.05) is 13.8 Å². The van der Waals surface area contributed by atoms with Crippen LogP contribution in [0.5, 0.6) is 0 Å². The molecule has 4 nitrogen and oxygen atoms in total. The molecule has 0 heterocycles. The molecule has 5 heteroatoms. The molecule has 0 amide bonds. The Morgan fingerprint density at radius 2 is 1.05 bits per heavy atom. The van der Waals surface area contributed by atoms with Crippen molar-refractivity contribution in [3.63, 3.8) is 0 Å². The second-order valence-corrected chi connectivity index (χ2v) is 6.50. The van der Waals surface area contributed by atoms with Crippen LogP contribution in [-0.4, -0.2) is 63.9 Å². The molecule has 0 radical (unpaired) electrons. The zero-order valence-corrected chi connectivity index (χ0v) is 15.1. The van der Waals surface area contributed by atoms with E-state index in [9.17, 15) is 0 Å². The van der Waals surface area contributed by atoms with Crippen LogP contribution >= 0.6 is 11.8 Å². The minimum absolute atomic E-state index is 1.08. The maximum atomic E-state index is 3.51. The van der Waals surface area contributed by atoms with Crippen molar-refractivity contribution < 1.29 is 0 Å². The summed E-state index contributed by atoms with van der Waals surface area (Å²) in [6.45, 7) is 13.4. The molecule has 0 aliphatic rings. The van der Waals surface area contributed by atoms with Crippen molar-refractivity contribution in [1.82, 2.24) is 21.3 Å². The first kappa shape index (κ1) is 21.2. The van der Waals surface area contributed by atoms with Gasteiger partial charge >= 0.3 is 0 Å². The average Bonchev–Trinajstić information content (AvgIpc) is 2.50. The van der Waals surface area contributed by atoms with Gasteiger partial charge in [-0.25, -0.2) is 0 Å². The molecule has 0 atom stereocenters. The van der Waals surface area contributed by atoms with Crippen LogP contribution in [0, 0.1) is 0 Å². The minimum Gasteiger partial charge on any atom is -0.317 e. The van der Waals surface area contributed by atoms with Gasteiger partial charge in [-0.3, -0.25) is 0 Å². The lowest BCUT2D eigenvalue weighted by Crippen LogP contribution is -2.27. The standard InChI is InChI=1S/C16H38N4S/c1-3-15-21-16-14-20-13-7-12-19-11-6-10-18-9-5-8-17-4-2/h17-20H,3-16H2,1-2H3. The summed E-state index contributed by atoms with van der Waals surface area (Å²) in [5.74, 6) is 2.55. The predicted octanol–water partition coefficient (Wildman–Crippen LogP) is 1.68. The first-order chi connectivity index (χ1) is 10.4. The summed E-state index contributed by atoms with van der Waals surface area (Å²) >= 11 is 2.05. The molecule has 4 N–H and O–H groups in total. The quantitative estimate of drug-likeness (QED) is 0.290. The van der Waals surface area contributed by atoms with Gasteiger partial charge in [0.05, 0.1) is 0 Å². The molecule has 0 aromatic heterocycles. The van der Waals surface area contributed by atoms with Gasteiger partial charge in [-0.05, 0) is 77.2 Å². The van der Waals surface area contributed by atoms with Gasteiger partial charge in [0.2, 0.25) is 0 Å². The van der Waals surface area contributed by atoms with Crippen LogP contribution in [0.3, 0.4) is 0 Å². The zero-order valence-electron chi connectivity index (χ0n) is 14.3. The zero-order chi connectivity index (χ0) is 15.4. The first-order valence-electron chi connectivity index (χ1n) is 8.82. The van der Waals surface area contributed by atoms with Gasteiger partial charge < -0.3 is 21.3 Å². The van der Waals surface area contributed by atoms with Gasteiger partial charge in [0.15, 0.2) is 0 Å². The minimum atomic E-state index is 1.08. The number of nitrogens with one attached hydrogen (secondary N) is 4. The second kappa shape index (κ2) is 20.2. The lowest BCUT2D eigenvalue weighted by atomic mass is 10.3. The van der Waals surface area contributed by atoms with Gasteiger partial charge in [0.25, 0.3) is 0 Å². The van der Waals surface area contributed by atoms with Crippen LogP contribution in [0.25, 0.3) is 0 Å². The SMILES string of the molecule is CCCSCCNCCCNCCCNCCCNCC. The summed E-state index contributed by atoms with van der Waals surface area (Å²) in [6, 6.07) is 0. The highest BCUT2D eigenvalue weighted by molar-refractivity contribution is 7.99. The molecule has 0 bridgehead atoms. The Bertz CT molecular complexity index is 164. The van der Waals surface area contributed by atoms with E-state index in [1.807, 2.05) is 11.8 Å². The third-order valence-corrected chi connectivity index (χ3v) is 4.33. The number of thioether (sulfide) groups is 1. The number of rotatable bonds is 18. The van der Waals surface area contributed by atoms with Gasteiger partial charge in [0.1, 0.15) is 0 Å². The molecular weight excluding hydrogens is 280 g/mol. The van der Waals surface area contributed by atoms with Crippen molar-refractivity contribution in [1.29, 1.82) is 0 Å². The molecule has 0 aliphatic heterocycles. The maximum absolute atomic E-state index is 3.51. The van der Waals surface area contributed by atoms with Crippen molar-refractivity contribution >= 4 is 11.8 Å². The van der Waals surface area contributed by atoms with Crippen LogP contribution in [0.4, 0.5) is 0 Å². The third-order valence-electron chi connectivity index (χ3n) is 3.14. The number of hydrogen-bond acceptors (Lipinski definition) is 5. The van der Waals surface area contributed by atoms with Crippen LogP contribution in [0.1, 0.15) is 39.5 Å². The van der Waals surface area contributed by atoms with Crippen molar-refractivity contribution in [2.45, 2.75) is 39.5 Å². The largest absolute Gasteiger partial charge is 0.317 e. The van der Waals surface area contributed by atoms with E-state index >= 15 is 0 Å². The van der Waals surface area contributed by atoms with E-state index < -0.39 is 0 Å². The predicted molar refractivity (Wildman–Crippen MR) is 98.6 cm³/mol. The van der Waals surface area contributed by atoms with E-state index in [1.165, 1.54) is 37.2 Å². The summed E-state index contributed by atoms with van der Waals surface area (Å²) in [5.41, 5.74) is 0. The Kier molecular flexibility index (Phi) is 20.4. The molecule has 128 valence electrons. The molecule has 0 aliphatic carbocycles. The first-order valence-corrected chi connectivity index (χ1v) is 9.97. The molecule has 0 fully saturated rings. The Morgan fingerprint density at radius 3 is 1.52 bits per heavy atom. The highest BCUT2D eigenvalue weighted by atomic mass is 32.2. The van der Waals surface area contributed by atoms with E-state index in [2.05, 4.69) is 35.1 Å². The fourth-order valence-electron chi connectivity index (χ4n) is 1.96. The van der Waals surface area contributed by atoms with E-state index in [1.54, 1.807) is 0 Å². The normalized spacial score (nSPS) is 11.1. The monoisotopic (exact) mass is 318 g/mol. The highest BCUT2D eigenvalue weighted by Crippen LogP contribution is 1.99. The van der Waals surface area contributed by atoms with Crippen molar-refractivity contribution in [3.8, 4) is 0 Å². The molecule has 0 saturated carbocycles. The molecule has 0 rings (SSSR count). The Balaban J connectivity index is 2.90. The van der Waals surface area contributed by atoms with Gasteiger partial charge in [-0.15, -0.1) is 0 Å². The van der Waals surface area contributed by atoms with E-state index in [0.29, 0.717) is 0 Å². The topological polar surface area (TPSA) is 48.1 Å². The summed E-state index contributed by atoms with van der Waals surface area (Å²) in [4.78, 5) is 0. The molecular formula is C16H38N4S. The molecule has 0 unspecified atom stereocenters. The molecule has 0 aromatic carbocycles. The lowest BCUT2D eigenvalue weighted by molar-refractivity contribution is 0.557. The molecule has 0 saturated heterocycles. The smallest absolute Gasteiger partial charge is 0.00580 e. The van der Waals surface area contributed by atoms with Crippen LogP contribution in [-0.2, 0) is 0 Å². The lowest BCUT2D eigenvalue weighted by Gasteiger charge is -2.07. The maximum Gasteiger partial charge on any atom is 0.00580 e. The van der Waals surface area contributed by atoms with E-state index in [0.717, 1.165) is 52.4 Å². The fourth-order valence-corrected chi connectivity index (χ4v) is 2.74. The van der Waals surface area contributed by atoms with Crippen molar-refractivity contribution in [2.24, 2.45) is 0 Å². The summed E-state index contributed by atoms with van der Waals surface area (Å²) in [6.07, 6.45) is 4.97. The van der Waals surface area contributed by atoms with Gasteiger partial charge in [0, 0.05) is 12.3 Å². The summed E-state index contributed by atoms with van der Waals surface area (Å²) in [7, 11) is 0. The van der Waals surface area contributed by atoms with E-state index in [-0.39, 0.29) is 0 Å². The second-order valence-electron chi connectivity index (χ2n) is 5.28. The van der Waals surface area contributed by atoms with Crippen molar-refractivity contribution in [3.05, 3.63) is 0 Å². The summed E-state index contributed by atoms with van der Waals surface area (Å²) in [5, 5.41) is 13.8. The molecule has 0 aromatic rings. The third kappa shape index (κ3) is 20.2. The van der Waals surface area contributed by atoms with Crippen LogP contribution < -0.4 is 21.3 Å². The Hall–Kier alpha value is 0.190. The molecule has 0 spiro atoms. The van der Waals surface area contributed by atoms with Gasteiger partial charge in [-0.2, -0.15) is 11.8 Å². The summed E-state index contributed by atoms with van der Waals surface area (Å²) < 4.78 is 0. The van der Waals surface area contributed by atoms with Crippen LogP contribution in [0.15, 0.2) is 0 Å². The van der Waals surface area contributed by atoms with E-state index in [4.69, 9.17) is 0 Å². The average molecular weight is 319 g/mol. The number of hydrogen-bond donors (Lipinski definition) is 4. The highest BCUT2D eigenvalue weighted by Gasteiger charge is 1.92. The molecule has 21 heavy (non-hydrogen) atoms. The van der Waals surface area contributed by atoms with Crippen molar-refractivity contribution in [2.75, 3.05) is 63.9 Å². The Morgan fingerprint density at radius 1 is 0.571 bits per heavy atom. The van der Waals surface area contributed by atoms with Crippen LogP contribution in [0.2, 0.25) is 0 Å².